The molecule has 1 nitrogen and oxygen atoms in total. The van der Waals surface area contributed by atoms with Gasteiger partial charge in [-0.05, 0) is 0 Å². The van der Waals surface area contributed by atoms with Crippen LogP contribution in [0.15, 0.2) is 0 Å². The molecular formula is C12H27OSn2. The van der Waals surface area contributed by atoms with Gasteiger partial charge in [0, 0.05) is 0 Å². The molecule has 0 N–H and O–H groups in total. The Bertz CT molecular complexity index is 90.8. The summed E-state index contributed by atoms with van der Waals surface area (Å²) in [5, 5.41) is 0. The number of unbranched alkanes of at least 4 members (excludes halogenated alkanes) is 3. The molecule has 0 aliphatic heterocycles. The molecule has 0 aromatic carbocycles. The van der Waals surface area contributed by atoms with Crippen LogP contribution in [0.5, 0.6) is 0 Å². The van der Waals surface area contributed by atoms with Gasteiger partial charge in [-0.1, -0.05) is 0 Å². The quantitative estimate of drug-likeness (QED) is 0.502. The van der Waals surface area contributed by atoms with E-state index in [-0.39, 0.29) is 0 Å². The van der Waals surface area contributed by atoms with E-state index in [1.807, 2.05) is 0 Å². The summed E-state index contributed by atoms with van der Waals surface area (Å²) < 4.78 is 13.4. The Kier molecular flexibility index (Phi) is 22.2. The zero-order chi connectivity index (χ0) is 11.9. The third kappa shape index (κ3) is 15.4. The Morgan fingerprint density at radius 1 is 0.733 bits per heavy atom. The molecule has 0 unspecified atom stereocenters. The van der Waals surface area contributed by atoms with Crippen molar-refractivity contribution >= 4 is 42.3 Å². The van der Waals surface area contributed by atoms with Gasteiger partial charge in [0.2, 0.25) is 0 Å². The predicted octanol–water partition coefficient (Wildman–Crippen LogP) is 4.38. The third-order valence-corrected chi connectivity index (χ3v) is 11.7. The van der Waals surface area contributed by atoms with E-state index in [4.69, 9.17) is 3.08 Å². The molecule has 0 aliphatic rings. The molecule has 0 atom stereocenters. The molecule has 0 bridgehead atoms. The molecule has 0 aromatic heterocycles. The Morgan fingerprint density at radius 2 is 1.00 bits per heavy atom. The predicted molar refractivity (Wildman–Crippen MR) is 71.3 cm³/mol. The summed E-state index contributed by atoms with van der Waals surface area (Å²) in [6.07, 6.45) is 8.85. The van der Waals surface area contributed by atoms with Crippen molar-refractivity contribution in [1.29, 1.82) is 0 Å². The topological polar surface area (TPSA) is 17.1 Å². The van der Waals surface area contributed by atoms with Crippen LogP contribution in [-0.2, 0) is 3.08 Å². The van der Waals surface area contributed by atoms with Gasteiger partial charge in [-0.15, -0.1) is 0 Å². The van der Waals surface area contributed by atoms with Crippen molar-refractivity contribution < 1.29 is 3.08 Å². The SMILES string of the molecule is CCC[CH2][Sn]([CH2]CCC)[CH2]CCC.[O]=[Sn]. The van der Waals surface area contributed by atoms with Crippen LogP contribution in [0.3, 0.4) is 0 Å². The summed E-state index contributed by atoms with van der Waals surface area (Å²) in [6.45, 7) is 7.00. The monoisotopic (exact) mass is 427 g/mol. The fourth-order valence-corrected chi connectivity index (χ4v) is 11.1. The second kappa shape index (κ2) is 17.8. The molecule has 3 radical (unpaired) electrons. The molecule has 0 aliphatic carbocycles. The number of hydrogen-bond donors (Lipinski definition) is 0. The molecule has 3 heteroatoms. The molecule has 0 saturated heterocycles. The van der Waals surface area contributed by atoms with Crippen LogP contribution in [0.1, 0.15) is 59.3 Å². The van der Waals surface area contributed by atoms with Crippen molar-refractivity contribution in [2.45, 2.75) is 72.6 Å². The van der Waals surface area contributed by atoms with E-state index in [9.17, 15) is 0 Å². The zero-order valence-corrected chi connectivity index (χ0v) is 16.5. The maximum absolute atomic E-state index is 8.34. The Hall–Kier alpha value is 1.40. The van der Waals surface area contributed by atoms with Crippen LogP contribution >= 0.6 is 0 Å². The van der Waals surface area contributed by atoms with Crippen LogP contribution in [0.25, 0.3) is 0 Å². The first-order chi connectivity index (χ1) is 7.35. The fraction of sp³-hybridized carbons (Fsp3) is 1.00. The summed E-state index contributed by atoms with van der Waals surface area (Å²) >= 11 is -0.539. The van der Waals surface area contributed by atoms with E-state index in [0.29, 0.717) is 22.5 Å². The van der Waals surface area contributed by atoms with E-state index >= 15 is 0 Å². The van der Waals surface area contributed by atoms with E-state index < -0.39 is 19.8 Å². The van der Waals surface area contributed by atoms with Crippen molar-refractivity contribution in [3.8, 4) is 0 Å². The first-order valence-electron chi connectivity index (χ1n) is 6.39. The van der Waals surface area contributed by atoms with E-state index in [1.54, 1.807) is 13.3 Å². The molecule has 0 amide bonds. The minimum atomic E-state index is -0.839. The van der Waals surface area contributed by atoms with Crippen LogP contribution in [0, 0.1) is 0 Å². The van der Waals surface area contributed by atoms with E-state index in [1.165, 1.54) is 38.5 Å². The van der Waals surface area contributed by atoms with Gasteiger partial charge in [0.1, 0.15) is 0 Å². The maximum atomic E-state index is 8.34. The van der Waals surface area contributed by atoms with Crippen LogP contribution < -0.4 is 0 Å². The molecule has 0 saturated carbocycles. The third-order valence-electron chi connectivity index (χ3n) is 2.65. The van der Waals surface area contributed by atoms with Gasteiger partial charge in [0.15, 0.2) is 0 Å². The zero-order valence-electron chi connectivity index (χ0n) is 10.8. The summed E-state index contributed by atoms with van der Waals surface area (Å²) in [7, 11) is 0. The standard InChI is InChI=1S/3C4H9.O.2Sn/c3*1-3-4-2;;;/h3*1,3-4H2,2H3;;;. The molecule has 0 fully saturated rings. The molecule has 0 aromatic rings. The first kappa shape index (κ1) is 18.8. The van der Waals surface area contributed by atoms with Crippen molar-refractivity contribution in [3.05, 3.63) is 0 Å². The molecule has 0 spiro atoms. The van der Waals surface area contributed by atoms with Crippen molar-refractivity contribution in [2.75, 3.05) is 0 Å². The summed E-state index contributed by atoms with van der Waals surface area (Å²) in [5.41, 5.74) is 0. The number of rotatable bonds is 9. The Labute approximate surface area is 117 Å². The van der Waals surface area contributed by atoms with Gasteiger partial charge in [-0.25, -0.2) is 0 Å². The average Bonchev–Trinajstić information content (AvgIpc) is 2.31. The fourth-order valence-electron chi connectivity index (χ4n) is 1.66. The molecule has 15 heavy (non-hydrogen) atoms. The molecule has 0 rings (SSSR count). The van der Waals surface area contributed by atoms with E-state index in [0.717, 1.165) is 0 Å². The summed E-state index contributed by atoms with van der Waals surface area (Å²) in [6, 6.07) is 0. The first-order valence-corrected chi connectivity index (χ1v) is 13.6. The van der Waals surface area contributed by atoms with Crippen molar-refractivity contribution in [2.24, 2.45) is 0 Å². The average molecular weight is 425 g/mol. The summed E-state index contributed by atoms with van der Waals surface area (Å²) in [5.74, 6) is 0. The Morgan fingerprint density at radius 3 is 1.20 bits per heavy atom. The summed E-state index contributed by atoms with van der Waals surface area (Å²) in [4.78, 5) is 0. The Balaban J connectivity index is 0. The molecular weight excluding hydrogens is 398 g/mol. The molecule has 89 valence electrons. The number of hydrogen-bond acceptors (Lipinski definition) is 1. The van der Waals surface area contributed by atoms with Crippen LogP contribution in [0.2, 0.25) is 13.3 Å². The van der Waals surface area contributed by atoms with Crippen LogP contribution in [0.4, 0.5) is 0 Å². The second-order valence-electron chi connectivity index (χ2n) is 4.06. The van der Waals surface area contributed by atoms with Gasteiger partial charge < -0.3 is 0 Å². The van der Waals surface area contributed by atoms with Gasteiger partial charge in [-0.3, -0.25) is 0 Å². The van der Waals surface area contributed by atoms with Gasteiger partial charge >= 0.3 is 118 Å². The molecule has 0 heterocycles. The minimum absolute atomic E-state index is 0.300. The normalized spacial score (nSPS) is 9.87. The van der Waals surface area contributed by atoms with Gasteiger partial charge in [0.25, 0.3) is 0 Å². The van der Waals surface area contributed by atoms with E-state index in [2.05, 4.69) is 20.8 Å². The second-order valence-corrected chi connectivity index (χ2v) is 12.6. The van der Waals surface area contributed by atoms with Crippen molar-refractivity contribution in [1.82, 2.24) is 0 Å². The van der Waals surface area contributed by atoms with Gasteiger partial charge in [-0.2, -0.15) is 0 Å². The van der Waals surface area contributed by atoms with Gasteiger partial charge in [0.05, 0.1) is 0 Å². The van der Waals surface area contributed by atoms with Crippen molar-refractivity contribution in [3.63, 3.8) is 0 Å². The van der Waals surface area contributed by atoms with Crippen LogP contribution in [-0.4, -0.2) is 42.3 Å².